The Labute approximate surface area is 111 Å². The van der Waals surface area contributed by atoms with Gasteiger partial charge in [0.05, 0.1) is 0 Å². The van der Waals surface area contributed by atoms with Crippen molar-refractivity contribution in [2.45, 2.75) is 50.8 Å². The quantitative estimate of drug-likeness (QED) is 0.531. The Kier molecular flexibility index (Phi) is 7.23. The number of carbonyl (C=O) groups excluding carboxylic acids is 1. The van der Waals surface area contributed by atoms with Gasteiger partial charge in [-0.2, -0.15) is 0 Å². The third kappa shape index (κ3) is 6.65. The van der Waals surface area contributed by atoms with E-state index in [1.165, 1.54) is 30.1 Å². The first-order chi connectivity index (χ1) is 8.22. The molecule has 1 unspecified atom stereocenters. The van der Waals surface area contributed by atoms with E-state index < -0.39 is 0 Å². The Hall–Kier alpha value is -0.591. The van der Waals surface area contributed by atoms with Gasteiger partial charge in [-0.05, 0) is 0 Å². The van der Waals surface area contributed by atoms with Gasteiger partial charge in [-0.3, -0.25) is 0 Å². The van der Waals surface area contributed by atoms with Gasteiger partial charge in [-0.15, -0.1) is 0 Å². The summed E-state index contributed by atoms with van der Waals surface area (Å²) in [4.78, 5) is 11.9. The molecule has 1 aromatic carbocycles. The Bertz CT molecular complexity index is 321. The number of rotatable bonds is 8. The van der Waals surface area contributed by atoms with Crippen LogP contribution in [0.25, 0.3) is 0 Å². The summed E-state index contributed by atoms with van der Waals surface area (Å²) in [7, 11) is 0. The van der Waals surface area contributed by atoms with E-state index in [0.717, 1.165) is 6.42 Å². The zero-order valence-corrected chi connectivity index (χ0v) is 12.5. The van der Waals surface area contributed by atoms with E-state index in [1.54, 1.807) is 6.92 Å². The second kappa shape index (κ2) is 8.49. The van der Waals surface area contributed by atoms with Gasteiger partial charge in [0, 0.05) is 0 Å². The molecule has 0 aliphatic carbocycles. The molecule has 0 N–H and O–H groups in total. The van der Waals surface area contributed by atoms with Crippen LogP contribution in [-0.2, 0) is 4.79 Å². The van der Waals surface area contributed by atoms with Crippen molar-refractivity contribution in [3.63, 3.8) is 0 Å². The molecule has 0 heterocycles. The van der Waals surface area contributed by atoms with Crippen LogP contribution in [0.4, 0.5) is 0 Å². The van der Waals surface area contributed by atoms with Crippen LogP contribution in [0.3, 0.4) is 0 Å². The van der Waals surface area contributed by atoms with Crippen molar-refractivity contribution in [1.82, 2.24) is 0 Å². The van der Waals surface area contributed by atoms with Crippen LogP contribution in [0.15, 0.2) is 30.3 Å². The van der Waals surface area contributed by atoms with Gasteiger partial charge in [0.25, 0.3) is 0 Å². The van der Waals surface area contributed by atoms with Gasteiger partial charge in [0.15, 0.2) is 0 Å². The zero-order valence-electron chi connectivity index (χ0n) is 10.8. The third-order valence-corrected chi connectivity index (χ3v) is 5.38. The summed E-state index contributed by atoms with van der Waals surface area (Å²) >= 11 is 0.445. The molecule has 0 fully saturated rings. The SMILES string of the molecule is CCCCCC(CC(C)=O)[Se]c1ccccc1. The number of carbonyl (C=O) groups is 1. The number of benzene rings is 1. The maximum absolute atomic E-state index is 11.3. The fraction of sp³-hybridized carbons (Fsp3) is 0.533. The summed E-state index contributed by atoms with van der Waals surface area (Å²) in [6.45, 7) is 3.94. The Balaban J connectivity index is 2.48. The molecular formula is C15H22OSe. The summed E-state index contributed by atoms with van der Waals surface area (Å²) < 4.78 is 1.42. The number of ketones is 1. The molecule has 0 aromatic heterocycles. The van der Waals surface area contributed by atoms with Gasteiger partial charge >= 0.3 is 111 Å². The van der Waals surface area contributed by atoms with Crippen LogP contribution >= 0.6 is 0 Å². The summed E-state index contributed by atoms with van der Waals surface area (Å²) in [5.41, 5.74) is 0. The molecule has 1 atom stereocenters. The fourth-order valence-corrected chi connectivity index (χ4v) is 4.57. The number of Topliss-reactive ketones (excluding diaryl/α,β-unsaturated/α-hetero) is 1. The van der Waals surface area contributed by atoms with Gasteiger partial charge in [0.1, 0.15) is 0 Å². The molecule has 0 aliphatic heterocycles. The molecule has 0 aliphatic rings. The average molecular weight is 297 g/mol. The van der Waals surface area contributed by atoms with E-state index in [1.807, 2.05) is 0 Å². The molecule has 0 saturated carbocycles. The standard InChI is InChI=1S/C15H22OSe/c1-3-4-6-11-15(12-13(2)16)17-14-9-7-5-8-10-14/h5,7-10,15H,3-4,6,11-12H2,1-2H3. The number of hydrogen-bond acceptors (Lipinski definition) is 1. The molecule has 94 valence electrons. The summed E-state index contributed by atoms with van der Waals surface area (Å²) in [5.74, 6) is 0.337. The summed E-state index contributed by atoms with van der Waals surface area (Å²) in [6, 6.07) is 10.6. The van der Waals surface area contributed by atoms with Crippen molar-refractivity contribution in [3.8, 4) is 0 Å². The van der Waals surface area contributed by atoms with E-state index in [4.69, 9.17) is 0 Å². The monoisotopic (exact) mass is 298 g/mol. The third-order valence-electron chi connectivity index (χ3n) is 2.69. The van der Waals surface area contributed by atoms with E-state index in [-0.39, 0.29) is 0 Å². The van der Waals surface area contributed by atoms with E-state index in [2.05, 4.69) is 37.3 Å². The van der Waals surface area contributed by atoms with Crippen molar-refractivity contribution >= 4 is 25.2 Å². The normalized spacial score (nSPS) is 12.4. The summed E-state index contributed by atoms with van der Waals surface area (Å²) in [6.07, 6.45) is 5.79. The molecule has 0 amide bonds. The van der Waals surface area contributed by atoms with Crippen molar-refractivity contribution in [1.29, 1.82) is 0 Å². The van der Waals surface area contributed by atoms with Crippen molar-refractivity contribution < 1.29 is 4.79 Å². The van der Waals surface area contributed by atoms with Gasteiger partial charge < -0.3 is 0 Å². The molecule has 0 spiro atoms. The first-order valence-electron chi connectivity index (χ1n) is 6.43. The predicted molar refractivity (Wildman–Crippen MR) is 75.0 cm³/mol. The van der Waals surface area contributed by atoms with Gasteiger partial charge in [0.2, 0.25) is 0 Å². The predicted octanol–water partition coefficient (Wildman–Crippen LogP) is 3.36. The fourth-order valence-electron chi connectivity index (χ4n) is 1.84. The van der Waals surface area contributed by atoms with Gasteiger partial charge in [-0.1, -0.05) is 0 Å². The molecule has 0 bridgehead atoms. The first kappa shape index (κ1) is 14.5. The first-order valence-corrected chi connectivity index (χ1v) is 8.28. The topological polar surface area (TPSA) is 17.1 Å². The van der Waals surface area contributed by atoms with Gasteiger partial charge in [-0.25, -0.2) is 0 Å². The molecule has 1 nitrogen and oxygen atoms in total. The van der Waals surface area contributed by atoms with Crippen LogP contribution in [0.2, 0.25) is 4.82 Å². The number of unbranched alkanes of at least 4 members (excludes halogenated alkanes) is 2. The van der Waals surface area contributed by atoms with Crippen LogP contribution in [-0.4, -0.2) is 20.7 Å². The molecule has 0 radical (unpaired) electrons. The van der Waals surface area contributed by atoms with Crippen LogP contribution in [0.5, 0.6) is 0 Å². The maximum atomic E-state index is 11.3. The van der Waals surface area contributed by atoms with E-state index in [0.29, 0.717) is 25.6 Å². The minimum atomic E-state index is 0.337. The van der Waals surface area contributed by atoms with Crippen molar-refractivity contribution in [2.24, 2.45) is 0 Å². The molecular weight excluding hydrogens is 275 g/mol. The van der Waals surface area contributed by atoms with Crippen molar-refractivity contribution in [3.05, 3.63) is 30.3 Å². The van der Waals surface area contributed by atoms with Crippen LogP contribution in [0, 0.1) is 0 Å². The zero-order chi connectivity index (χ0) is 12.5. The molecule has 1 aromatic rings. The van der Waals surface area contributed by atoms with Crippen LogP contribution in [0.1, 0.15) is 46.0 Å². The Morgan fingerprint density at radius 2 is 1.94 bits per heavy atom. The van der Waals surface area contributed by atoms with Crippen LogP contribution < -0.4 is 4.46 Å². The Morgan fingerprint density at radius 1 is 1.24 bits per heavy atom. The van der Waals surface area contributed by atoms with E-state index >= 15 is 0 Å². The molecule has 2 heteroatoms. The van der Waals surface area contributed by atoms with E-state index in [9.17, 15) is 4.79 Å². The molecule has 1 rings (SSSR count). The number of hydrogen-bond donors (Lipinski definition) is 0. The summed E-state index contributed by atoms with van der Waals surface area (Å²) in [5, 5.41) is 0. The Morgan fingerprint density at radius 3 is 2.53 bits per heavy atom. The molecule has 17 heavy (non-hydrogen) atoms. The molecule has 0 saturated heterocycles. The van der Waals surface area contributed by atoms with Crippen molar-refractivity contribution in [2.75, 3.05) is 0 Å². The minimum absolute atomic E-state index is 0.337. The second-order valence-corrected chi connectivity index (χ2v) is 7.34. The average Bonchev–Trinajstić information content (AvgIpc) is 2.30. The second-order valence-electron chi connectivity index (χ2n) is 4.45.